The molecule has 1 aromatic carbocycles. The number of carboxylic acid groups (broad SMARTS) is 1. The number of amides is 2. The van der Waals surface area contributed by atoms with Gasteiger partial charge < -0.3 is 24.8 Å². The lowest BCUT2D eigenvalue weighted by Crippen LogP contribution is -2.36. The van der Waals surface area contributed by atoms with Crippen LogP contribution in [0, 0.1) is 5.92 Å². The van der Waals surface area contributed by atoms with E-state index in [-0.39, 0.29) is 25.7 Å². The van der Waals surface area contributed by atoms with Crippen LogP contribution in [0.5, 0.6) is 11.5 Å². The van der Waals surface area contributed by atoms with Crippen molar-refractivity contribution < 1.29 is 29.0 Å². The molecule has 2 aliphatic rings. The normalized spacial score (nSPS) is 19.4. The minimum Gasteiger partial charge on any atom is -0.480 e. The molecule has 0 bridgehead atoms. The van der Waals surface area contributed by atoms with E-state index >= 15 is 0 Å². The van der Waals surface area contributed by atoms with Crippen molar-refractivity contribution in [2.45, 2.75) is 6.42 Å². The standard InChI is InChI=1S/C14H14N2O6/c17-12-3-8(14(20)15-5-13(18)19)6-16(12)9-1-2-10-11(4-9)22-7-21-10/h1-2,4,8H,3,5-7H2,(H,15,20)(H,18,19). The monoisotopic (exact) mass is 306 g/mol. The van der Waals surface area contributed by atoms with Gasteiger partial charge in [0.1, 0.15) is 6.54 Å². The lowest BCUT2D eigenvalue weighted by molar-refractivity contribution is -0.138. The molecule has 2 N–H and O–H groups in total. The van der Waals surface area contributed by atoms with E-state index in [4.69, 9.17) is 14.6 Å². The maximum atomic E-state index is 12.1. The van der Waals surface area contributed by atoms with Crippen LogP contribution in [0.1, 0.15) is 6.42 Å². The summed E-state index contributed by atoms with van der Waals surface area (Å²) in [5.41, 5.74) is 0.628. The van der Waals surface area contributed by atoms with Gasteiger partial charge in [-0.15, -0.1) is 0 Å². The highest BCUT2D eigenvalue weighted by atomic mass is 16.7. The Bertz CT molecular complexity index is 644. The van der Waals surface area contributed by atoms with Crippen molar-refractivity contribution in [3.05, 3.63) is 18.2 Å². The summed E-state index contributed by atoms with van der Waals surface area (Å²) >= 11 is 0. The highest BCUT2D eigenvalue weighted by molar-refractivity contribution is 6.00. The topological polar surface area (TPSA) is 105 Å². The Morgan fingerprint density at radius 2 is 2.09 bits per heavy atom. The van der Waals surface area contributed by atoms with E-state index in [0.29, 0.717) is 17.2 Å². The van der Waals surface area contributed by atoms with Gasteiger partial charge in [-0.05, 0) is 12.1 Å². The molecule has 116 valence electrons. The zero-order valence-corrected chi connectivity index (χ0v) is 11.6. The van der Waals surface area contributed by atoms with Gasteiger partial charge in [-0.3, -0.25) is 14.4 Å². The van der Waals surface area contributed by atoms with Crippen molar-refractivity contribution in [2.75, 3.05) is 24.8 Å². The van der Waals surface area contributed by atoms with E-state index in [1.54, 1.807) is 18.2 Å². The number of hydrogen-bond acceptors (Lipinski definition) is 5. The lowest BCUT2D eigenvalue weighted by atomic mass is 10.1. The van der Waals surface area contributed by atoms with Gasteiger partial charge in [-0.2, -0.15) is 0 Å². The first-order valence-electron chi connectivity index (χ1n) is 6.74. The molecule has 2 aliphatic heterocycles. The quantitative estimate of drug-likeness (QED) is 0.809. The molecule has 0 aromatic heterocycles. The fraction of sp³-hybridized carbons (Fsp3) is 0.357. The summed E-state index contributed by atoms with van der Waals surface area (Å²) in [5.74, 6) is -1.12. The first-order valence-corrected chi connectivity index (χ1v) is 6.74. The SMILES string of the molecule is O=C(O)CNC(=O)C1CC(=O)N(c2ccc3c(c2)OCO3)C1. The number of carbonyl (C=O) groups excluding carboxylic acids is 2. The Labute approximate surface area is 125 Å². The Hall–Kier alpha value is -2.77. The number of hydrogen-bond donors (Lipinski definition) is 2. The Morgan fingerprint density at radius 3 is 2.86 bits per heavy atom. The van der Waals surface area contributed by atoms with Crippen LogP contribution in [0.2, 0.25) is 0 Å². The van der Waals surface area contributed by atoms with Gasteiger partial charge in [0.25, 0.3) is 0 Å². The molecule has 1 saturated heterocycles. The average molecular weight is 306 g/mol. The van der Waals surface area contributed by atoms with Gasteiger partial charge >= 0.3 is 5.97 Å². The van der Waals surface area contributed by atoms with Crippen LogP contribution in [0.15, 0.2) is 18.2 Å². The summed E-state index contributed by atoms with van der Waals surface area (Å²) in [7, 11) is 0. The van der Waals surface area contributed by atoms with Crippen molar-refractivity contribution in [2.24, 2.45) is 5.92 Å². The van der Waals surface area contributed by atoms with Crippen LogP contribution < -0.4 is 19.7 Å². The van der Waals surface area contributed by atoms with Gasteiger partial charge in [0.2, 0.25) is 18.6 Å². The van der Waals surface area contributed by atoms with Crippen molar-refractivity contribution >= 4 is 23.5 Å². The van der Waals surface area contributed by atoms with Crippen LogP contribution >= 0.6 is 0 Å². The van der Waals surface area contributed by atoms with Gasteiger partial charge in [0.05, 0.1) is 5.92 Å². The maximum absolute atomic E-state index is 12.1. The van der Waals surface area contributed by atoms with Gasteiger partial charge in [-0.25, -0.2) is 0 Å². The minimum absolute atomic E-state index is 0.0555. The van der Waals surface area contributed by atoms with E-state index in [1.807, 2.05) is 0 Å². The molecule has 8 nitrogen and oxygen atoms in total. The second-order valence-corrected chi connectivity index (χ2v) is 5.05. The number of fused-ring (bicyclic) bond motifs is 1. The highest BCUT2D eigenvalue weighted by Crippen LogP contribution is 2.37. The molecule has 0 radical (unpaired) electrons. The Balaban J connectivity index is 1.69. The van der Waals surface area contributed by atoms with Crippen molar-refractivity contribution in [3.63, 3.8) is 0 Å². The van der Waals surface area contributed by atoms with E-state index in [9.17, 15) is 14.4 Å². The van der Waals surface area contributed by atoms with Crippen molar-refractivity contribution in [1.29, 1.82) is 0 Å². The fourth-order valence-corrected chi connectivity index (χ4v) is 2.49. The number of anilines is 1. The molecule has 1 atom stereocenters. The van der Waals surface area contributed by atoms with Crippen LogP contribution in [0.25, 0.3) is 0 Å². The Kier molecular flexibility index (Phi) is 3.58. The summed E-state index contributed by atoms with van der Waals surface area (Å²) < 4.78 is 10.5. The largest absolute Gasteiger partial charge is 0.480 e. The van der Waals surface area contributed by atoms with Crippen LogP contribution in [0.3, 0.4) is 0 Å². The molecular formula is C14H14N2O6. The van der Waals surface area contributed by atoms with Gasteiger partial charge in [-0.1, -0.05) is 0 Å². The highest BCUT2D eigenvalue weighted by Gasteiger charge is 2.35. The second kappa shape index (κ2) is 5.55. The molecule has 2 heterocycles. The molecule has 3 rings (SSSR count). The predicted molar refractivity (Wildman–Crippen MR) is 73.7 cm³/mol. The van der Waals surface area contributed by atoms with E-state index in [0.717, 1.165) is 0 Å². The number of nitrogens with zero attached hydrogens (tertiary/aromatic N) is 1. The first kappa shape index (κ1) is 14.2. The zero-order chi connectivity index (χ0) is 15.7. The summed E-state index contributed by atoms with van der Waals surface area (Å²) in [6.45, 7) is -0.0928. The predicted octanol–water partition coefficient (Wildman–Crippen LogP) is -0.0310. The number of rotatable bonds is 4. The molecule has 0 spiro atoms. The maximum Gasteiger partial charge on any atom is 0.322 e. The molecule has 1 fully saturated rings. The average Bonchev–Trinajstić information content (AvgIpc) is 3.10. The Morgan fingerprint density at radius 1 is 1.32 bits per heavy atom. The zero-order valence-electron chi connectivity index (χ0n) is 11.6. The summed E-state index contributed by atoms with van der Waals surface area (Å²) in [6.07, 6.45) is 0.0555. The molecule has 2 amide bonds. The minimum atomic E-state index is -1.12. The molecular weight excluding hydrogens is 292 g/mol. The van der Waals surface area contributed by atoms with Crippen LogP contribution in [-0.4, -0.2) is 42.8 Å². The number of aliphatic carboxylic acids is 1. The van der Waals surface area contributed by atoms with Crippen molar-refractivity contribution in [1.82, 2.24) is 5.32 Å². The van der Waals surface area contributed by atoms with E-state index in [2.05, 4.69) is 5.32 Å². The van der Waals surface area contributed by atoms with E-state index in [1.165, 1.54) is 4.90 Å². The molecule has 0 saturated carbocycles. The second-order valence-electron chi connectivity index (χ2n) is 5.05. The van der Waals surface area contributed by atoms with E-state index < -0.39 is 24.3 Å². The first-order chi connectivity index (χ1) is 10.5. The molecule has 22 heavy (non-hydrogen) atoms. The van der Waals surface area contributed by atoms with Crippen molar-refractivity contribution in [3.8, 4) is 11.5 Å². The number of benzene rings is 1. The number of carboxylic acids is 1. The summed E-state index contributed by atoms with van der Waals surface area (Å²) in [5, 5.41) is 10.9. The third-order valence-electron chi connectivity index (χ3n) is 3.58. The third kappa shape index (κ3) is 2.67. The summed E-state index contributed by atoms with van der Waals surface area (Å²) in [4.78, 5) is 35.9. The van der Waals surface area contributed by atoms with Gasteiger partial charge in [0, 0.05) is 24.7 Å². The molecule has 1 aromatic rings. The van der Waals surface area contributed by atoms with Gasteiger partial charge in [0.15, 0.2) is 11.5 Å². The fourth-order valence-electron chi connectivity index (χ4n) is 2.49. The number of carbonyl (C=O) groups is 3. The van der Waals surface area contributed by atoms with Crippen LogP contribution in [-0.2, 0) is 14.4 Å². The molecule has 8 heteroatoms. The molecule has 0 aliphatic carbocycles. The smallest absolute Gasteiger partial charge is 0.322 e. The molecule has 1 unspecified atom stereocenters. The lowest BCUT2D eigenvalue weighted by Gasteiger charge is -2.17. The number of ether oxygens (including phenoxy) is 2. The third-order valence-corrected chi connectivity index (χ3v) is 3.58. The summed E-state index contributed by atoms with van der Waals surface area (Å²) in [6, 6.07) is 5.13. The van der Waals surface area contributed by atoms with Crippen LogP contribution in [0.4, 0.5) is 5.69 Å². The number of nitrogens with one attached hydrogen (secondary N) is 1.